The number of benzene rings is 1. The summed E-state index contributed by atoms with van der Waals surface area (Å²) >= 11 is 3.12. The Kier molecular flexibility index (Phi) is 5.19. The molecule has 1 aromatic carbocycles. The smallest absolute Gasteiger partial charge is 0.307 e. The highest BCUT2D eigenvalue weighted by atomic mass is 79.9. The SMILES string of the molecule is CC(=O)C(Br)CC(=O)OCc1ccccc1. The fraction of sp³-hybridized carbons (Fsp3) is 0.333. The van der Waals surface area contributed by atoms with Gasteiger partial charge < -0.3 is 4.74 Å². The van der Waals surface area contributed by atoms with Crippen LogP contribution in [0.15, 0.2) is 30.3 Å². The van der Waals surface area contributed by atoms with Gasteiger partial charge in [-0.3, -0.25) is 9.59 Å². The van der Waals surface area contributed by atoms with Crippen LogP contribution in [0.3, 0.4) is 0 Å². The molecule has 3 nitrogen and oxygen atoms in total. The fourth-order valence-corrected chi connectivity index (χ4v) is 1.35. The monoisotopic (exact) mass is 284 g/mol. The molecule has 86 valence electrons. The number of hydrogen-bond acceptors (Lipinski definition) is 3. The summed E-state index contributed by atoms with van der Waals surface area (Å²) in [5, 5.41) is 0. The number of ether oxygens (including phenoxy) is 1. The number of hydrogen-bond donors (Lipinski definition) is 0. The van der Waals surface area contributed by atoms with Gasteiger partial charge in [0.05, 0.1) is 11.2 Å². The summed E-state index contributed by atoms with van der Waals surface area (Å²) in [6.45, 7) is 1.68. The summed E-state index contributed by atoms with van der Waals surface area (Å²) in [6, 6.07) is 9.42. The molecular formula is C12H13BrO3. The molecule has 1 aromatic rings. The molecule has 1 atom stereocenters. The quantitative estimate of drug-likeness (QED) is 0.616. The number of esters is 1. The van der Waals surface area contributed by atoms with Crippen LogP contribution in [-0.2, 0) is 20.9 Å². The zero-order valence-corrected chi connectivity index (χ0v) is 10.6. The van der Waals surface area contributed by atoms with Crippen molar-refractivity contribution in [2.75, 3.05) is 0 Å². The molecule has 0 aromatic heterocycles. The highest BCUT2D eigenvalue weighted by molar-refractivity contribution is 9.10. The first-order valence-corrected chi connectivity index (χ1v) is 5.85. The minimum Gasteiger partial charge on any atom is -0.461 e. The predicted molar refractivity (Wildman–Crippen MR) is 64.3 cm³/mol. The van der Waals surface area contributed by atoms with E-state index < -0.39 is 4.83 Å². The van der Waals surface area contributed by atoms with E-state index in [2.05, 4.69) is 15.9 Å². The molecule has 0 aliphatic heterocycles. The topological polar surface area (TPSA) is 43.4 Å². The predicted octanol–water partition coefficient (Wildman–Crippen LogP) is 2.47. The van der Waals surface area contributed by atoms with E-state index in [0.717, 1.165) is 5.56 Å². The van der Waals surface area contributed by atoms with E-state index in [1.54, 1.807) is 0 Å². The number of ketones is 1. The Labute approximate surface area is 103 Å². The van der Waals surface area contributed by atoms with Gasteiger partial charge in [0.2, 0.25) is 0 Å². The Morgan fingerprint density at radius 3 is 2.50 bits per heavy atom. The second-order valence-corrected chi connectivity index (χ2v) is 4.53. The molecule has 4 heteroatoms. The molecule has 0 fully saturated rings. The molecule has 1 rings (SSSR count). The van der Waals surface area contributed by atoms with Gasteiger partial charge in [0.25, 0.3) is 0 Å². The first kappa shape index (κ1) is 12.9. The van der Waals surface area contributed by atoms with Gasteiger partial charge >= 0.3 is 5.97 Å². The summed E-state index contributed by atoms with van der Waals surface area (Å²) in [5.41, 5.74) is 0.935. The van der Waals surface area contributed by atoms with Gasteiger partial charge in [-0.15, -0.1) is 0 Å². The number of alkyl halides is 1. The molecule has 0 heterocycles. The van der Waals surface area contributed by atoms with Crippen LogP contribution in [-0.4, -0.2) is 16.6 Å². The normalized spacial score (nSPS) is 11.9. The molecule has 0 saturated carbocycles. The second-order valence-electron chi connectivity index (χ2n) is 3.43. The molecular weight excluding hydrogens is 272 g/mol. The highest BCUT2D eigenvalue weighted by Gasteiger charge is 2.15. The van der Waals surface area contributed by atoms with Crippen LogP contribution in [0.5, 0.6) is 0 Å². The summed E-state index contributed by atoms with van der Waals surface area (Å²) in [4.78, 5) is 21.8. The lowest BCUT2D eigenvalue weighted by Crippen LogP contribution is -2.17. The lowest BCUT2D eigenvalue weighted by Gasteiger charge is -2.06. The molecule has 0 N–H and O–H groups in total. The van der Waals surface area contributed by atoms with E-state index in [1.165, 1.54) is 6.92 Å². The first-order valence-electron chi connectivity index (χ1n) is 4.93. The maximum Gasteiger partial charge on any atom is 0.307 e. The van der Waals surface area contributed by atoms with Crippen molar-refractivity contribution >= 4 is 27.7 Å². The van der Waals surface area contributed by atoms with Gasteiger partial charge in [0.1, 0.15) is 12.4 Å². The van der Waals surface area contributed by atoms with E-state index in [9.17, 15) is 9.59 Å². The third-order valence-electron chi connectivity index (χ3n) is 2.03. The summed E-state index contributed by atoms with van der Waals surface area (Å²) in [6.07, 6.45) is 0.0716. The minimum absolute atomic E-state index is 0.0716. The van der Waals surface area contributed by atoms with Gasteiger partial charge in [-0.25, -0.2) is 0 Å². The van der Waals surface area contributed by atoms with E-state index in [4.69, 9.17) is 4.74 Å². The lowest BCUT2D eigenvalue weighted by atomic mass is 10.2. The van der Waals surface area contributed by atoms with Crippen molar-refractivity contribution in [3.63, 3.8) is 0 Å². The Bertz CT molecular complexity index is 362. The van der Waals surface area contributed by atoms with Crippen molar-refractivity contribution in [3.05, 3.63) is 35.9 Å². The van der Waals surface area contributed by atoms with Crippen LogP contribution >= 0.6 is 15.9 Å². The average molecular weight is 285 g/mol. The van der Waals surface area contributed by atoms with Crippen LogP contribution in [0.25, 0.3) is 0 Å². The van der Waals surface area contributed by atoms with Crippen molar-refractivity contribution in [1.82, 2.24) is 0 Å². The van der Waals surface area contributed by atoms with E-state index in [0.29, 0.717) is 0 Å². The Morgan fingerprint density at radius 1 is 1.31 bits per heavy atom. The molecule has 0 aliphatic carbocycles. The zero-order chi connectivity index (χ0) is 12.0. The van der Waals surface area contributed by atoms with Crippen molar-refractivity contribution < 1.29 is 14.3 Å². The van der Waals surface area contributed by atoms with Gasteiger partial charge in [-0.2, -0.15) is 0 Å². The van der Waals surface area contributed by atoms with E-state index >= 15 is 0 Å². The van der Waals surface area contributed by atoms with Crippen LogP contribution < -0.4 is 0 Å². The molecule has 0 radical (unpaired) electrons. The fourth-order valence-electron chi connectivity index (χ4n) is 1.09. The number of carbonyl (C=O) groups is 2. The van der Waals surface area contributed by atoms with Crippen LogP contribution in [0.1, 0.15) is 18.9 Å². The summed E-state index contributed by atoms with van der Waals surface area (Å²) in [7, 11) is 0. The molecule has 0 aliphatic rings. The lowest BCUT2D eigenvalue weighted by molar-refractivity contribution is -0.145. The largest absolute Gasteiger partial charge is 0.461 e. The Morgan fingerprint density at radius 2 is 1.94 bits per heavy atom. The van der Waals surface area contributed by atoms with Crippen LogP contribution in [0.2, 0.25) is 0 Å². The molecule has 1 unspecified atom stereocenters. The third kappa shape index (κ3) is 4.57. The number of rotatable bonds is 5. The van der Waals surface area contributed by atoms with Gasteiger partial charge in [-0.1, -0.05) is 46.3 Å². The zero-order valence-electron chi connectivity index (χ0n) is 8.98. The van der Waals surface area contributed by atoms with E-state index in [-0.39, 0.29) is 24.8 Å². The standard InChI is InChI=1S/C12H13BrO3/c1-9(14)11(13)7-12(15)16-8-10-5-3-2-4-6-10/h2-6,11H,7-8H2,1H3. The van der Waals surface area contributed by atoms with Crippen molar-refractivity contribution in [1.29, 1.82) is 0 Å². The third-order valence-corrected chi connectivity index (χ3v) is 3.00. The number of carbonyl (C=O) groups excluding carboxylic acids is 2. The van der Waals surface area contributed by atoms with Crippen molar-refractivity contribution in [2.24, 2.45) is 0 Å². The van der Waals surface area contributed by atoms with Crippen molar-refractivity contribution in [3.8, 4) is 0 Å². The van der Waals surface area contributed by atoms with Crippen LogP contribution in [0, 0.1) is 0 Å². The Balaban J connectivity index is 2.33. The van der Waals surface area contributed by atoms with Crippen molar-refractivity contribution in [2.45, 2.75) is 24.8 Å². The maximum atomic E-state index is 11.3. The minimum atomic E-state index is -0.448. The molecule has 0 spiro atoms. The average Bonchev–Trinajstić information content (AvgIpc) is 2.27. The van der Waals surface area contributed by atoms with Crippen LogP contribution in [0.4, 0.5) is 0 Å². The summed E-state index contributed by atoms with van der Waals surface area (Å²) < 4.78 is 5.03. The van der Waals surface area contributed by atoms with Gasteiger partial charge in [0, 0.05) is 0 Å². The molecule has 0 bridgehead atoms. The van der Waals surface area contributed by atoms with E-state index in [1.807, 2.05) is 30.3 Å². The van der Waals surface area contributed by atoms with Gasteiger partial charge in [-0.05, 0) is 12.5 Å². The summed E-state index contributed by atoms with van der Waals surface area (Å²) in [5.74, 6) is -0.447. The molecule has 0 saturated heterocycles. The molecule has 0 amide bonds. The number of Topliss-reactive ketones (excluding diaryl/α,β-unsaturated/α-hetero) is 1. The second kappa shape index (κ2) is 6.43. The maximum absolute atomic E-state index is 11.3. The number of halogens is 1. The highest BCUT2D eigenvalue weighted by Crippen LogP contribution is 2.09. The Hall–Kier alpha value is -1.16. The molecule has 16 heavy (non-hydrogen) atoms. The first-order chi connectivity index (χ1) is 7.59. The van der Waals surface area contributed by atoms with Gasteiger partial charge in [0.15, 0.2) is 0 Å².